The predicted octanol–water partition coefficient (Wildman–Crippen LogP) is 3.37. The third-order valence-electron chi connectivity index (χ3n) is 6.30. The Balaban J connectivity index is 1.31. The summed E-state index contributed by atoms with van der Waals surface area (Å²) in [6.45, 7) is 5.66. The van der Waals surface area contributed by atoms with Gasteiger partial charge in [0.05, 0.1) is 5.60 Å². The molecule has 1 aromatic carbocycles. The molecule has 0 bridgehead atoms. The van der Waals surface area contributed by atoms with E-state index in [2.05, 4.69) is 11.8 Å². The van der Waals surface area contributed by atoms with Gasteiger partial charge >= 0.3 is 0 Å². The minimum Gasteiger partial charge on any atom is -0.508 e. The standard InChI is InChI=1S/C20H29NO2/c1-14(16-4-6-19(22)7-5-16)11-21-12-17-9-20(23,8-15-2-3-15)10-18(17)13-21/h4-7,14-15,17-18,22-23H,2-3,8-13H2,1H3/t14?,17-,18+,20-. The monoisotopic (exact) mass is 315 g/mol. The summed E-state index contributed by atoms with van der Waals surface area (Å²) in [5.74, 6) is 3.05. The maximum atomic E-state index is 10.8. The Morgan fingerprint density at radius 3 is 2.30 bits per heavy atom. The van der Waals surface area contributed by atoms with Crippen LogP contribution >= 0.6 is 0 Å². The van der Waals surface area contributed by atoms with Crippen LogP contribution in [0.15, 0.2) is 24.3 Å². The van der Waals surface area contributed by atoms with E-state index < -0.39 is 0 Å². The first-order valence-electron chi connectivity index (χ1n) is 9.24. The molecule has 0 radical (unpaired) electrons. The molecule has 3 nitrogen and oxygen atoms in total. The normalized spacial score (nSPS) is 35.4. The van der Waals surface area contributed by atoms with Crippen molar-refractivity contribution in [2.24, 2.45) is 17.8 Å². The Hall–Kier alpha value is -1.06. The number of benzene rings is 1. The van der Waals surface area contributed by atoms with Gasteiger partial charge in [-0.2, -0.15) is 0 Å². The summed E-state index contributed by atoms with van der Waals surface area (Å²) in [5.41, 5.74) is 0.954. The molecule has 2 aliphatic carbocycles. The lowest BCUT2D eigenvalue weighted by atomic mass is 9.93. The molecule has 1 unspecified atom stereocenters. The third-order valence-corrected chi connectivity index (χ3v) is 6.30. The fraction of sp³-hybridized carbons (Fsp3) is 0.700. The number of rotatable bonds is 5. The van der Waals surface area contributed by atoms with Crippen molar-refractivity contribution in [1.29, 1.82) is 0 Å². The highest BCUT2D eigenvalue weighted by molar-refractivity contribution is 5.28. The molecule has 3 aliphatic rings. The molecule has 1 heterocycles. The van der Waals surface area contributed by atoms with Crippen molar-refractivity contribution in [3.8, 4) is 5.75 Å². The van der Waals surface area contributed by atoms with Crippen LogP contribution in [0.5, 0.6) is 5.75 Å². The molecule has 23 heavy (non-hydrogen) atoms. The number of aromatic hydroxyl groups is 1. The summed E-state index contributed by atoms with van der Waals surface area (Å²) in [7, 11) is 0. The largest absolute Gasteiger partial charge is 0.508 e. The van der Waals surface area contributed by atoms with Crippen LogP contribution in [0.3, 0.4) is 0 Å². The van der Waals surface area contributed by atoms with Crippen molar-refractivity contribution in [2.75, 3.05) is 19.6 Å². The molecule has 3 heteroatoms. The number of aliphatic hydroxyl groups is 1. The highest BCUT2D eigenvalue weighted by Gasteiger charge is 2.49. The van der Waals surface area contributed by atoms with Gasteiger partial charge in [0.1, 0.15) is 5.75 Å². The van der Waals surface area contributed by atoms with Gasteiger partial charge in [-0.15, -0.1) is 0 Å². The van der Waals surface area contributed by atoms with Crippen molar-refractivity contribution in [3.05, 3.63) is 29.8 Å². The Morgan fingerprint density at radius 1 is 1.13 bits per heavy atom. The molecule has 0 spiro atoms. The van der Waals surface area contributed by atoms with E-state index >= 15 is 0 Å². The molecule has 0 aromatic heterocycles. The van der Waals surface area contributed by atoms with Gasteiger partial charge in [-0.3, -0.25) is 0 Å². The number of hydrogen-bond acceptors (Lipinski definition) is 3. The molecule has 3 fully saturated rings. The van der Waals surface area contributed by atoms with Gasteiger partial charge in [0.15, 0.2) is 0 Å². The minimum absolute atomic E-state index is 0.339. The molecule has 1 aliphatic heterocycles. The summed E-state index contributed by atoms with van der Waals surface area (Å²) in [5, 5.41) is 20.3. The maximum absolute atomic E-state index is 10.8. The van der Waals surface area contributed by atoms with Gasteiger partial charge in [0, 0.05) is 19.6 Å². The maximum Gasteiger partial charge on any atom is 0.115 e. The predicted molar refractivity (Wildman–Crippen MR) is 91.5 cm³/mol. The van der Waals surface area contributed by atoms with Gasteiger partial charge < -0.3 is 15.1 Å². The summed E-state index contributed by atoms with van der Waals surface area (Å²) >= 11 is 0. The van der Waals surface area contributed by atoms with Crippen molar-refractivity contribution in [2.45, 2.75) is 50.5 Å². The van der Waals surface area contributed by atoms with Gasteiger partial charge in [0.25, 0.3) is 0 Å². The minimum atomic E-state index is -0.342. The summed E-state index contributed by atoms with van der Waals surface area (Å²) in [6, 6.07) is 7.63. The van der Waals surface area contributed by atoms with E-state index in [4.69, 9.17) is 0 Å². The van der Waals surface area contributed by atoms with Crippen molar-refractivity contribution in [1.82, 2.24) is 4.90 Å². The van der Waals surface area contributed by atoms with Crippen LogP contribution in [0.25, 0.3) is 0 Å². The van der Waals surface area contributed by atoms with Crippen LogP contribution in [0.4, 0.5) is 0 Å². The van der Waals surface area contributed by atoms with E-state index in [1.54, 1.807) is 12.1 Å². The average Bonchev–Trinajstić information content (AvgIpc) is 3.14. The van der Waals surface area contributed by atoms with Gasteiger partial charge in [-0.25, -0.2) is 0 Å². The van der Waals surface area contributed by atoms with E-state index in [-0.39, 0.29) is 5.60 Å². The second kappa shape index (κ2) is 5.78. The van der Waals surface area contributed by atoms with Gasteiger partial charge in [0.2, 0.25) is 0 Å². The number of hydrogen-bond donors (Lipinski definition) is 2. The molecule has 2 N–H and O–H groups in total. The Labute approximate surface area is 139 Å². The number of fused-ring (bicyclic) bond motifs is 1. The molecular weight excluding hydrogens is 286 g/mol. The fourth-order valence-corrected chi connectivity index (χ4v) is 5.03. The van der Waals surface area contributed by atoms with Crippen LogP contribution in [0.1, 0.15) is 50.5 Å². The Bertz CT molecular complexity index is 537. The Kier molecular flexibility index (Phi) is 3.89. The lowest BCUT2D eigenvalue weighted by molar-refractivity contribution is 0.0212. The summed E-state index contributed by atoms with van der Waals surface area (Å²) in [4.78, 5) is 2.59. The molecular formula is C20H29NO2. The van der Waals surface area contributed by atoms with Crippen LogP contribution in [-0.2, 0) is 0 Å². The average molecular weight is 315 g/mol. The molecule has 126 valence electrons. The molecule has 1 aromatic rings. The molecule has 2 saturated carbocycles. The molecule has 1 saturated heterocycles. The van der Waals surface area contributed by atoms with Crippen molar-refractivity contribution in [3.63, 3.8) is 0 Å². The van der Waals surface area contributed by atoms with Crippen LogP contribution in [-0.4, -0.2) is 40.3 Å². The number of phenolic OH excluding ortho intramolecular Hbond substituents is 1. The van der Waals surface area contributed by atoms with Crippen molar-refractivity contribution < 1.29 is 10.2 Å². The van der Waals surface area contributed by atoms with E-state index in [1.165, 1.54) is 18.4 Å². The number of phenols is 1. The first-order valence-corrected chi connectivity index (χ1v) is 9.24. The number of nitrogens with zero attached hydrogens (tertiary/aromatic N) is 1. The highest BCUT2D eigenvalue weighted by atomic mass is 16.3. The second-order valence-electron chi connectivity index (χ2n) is 8.51. The molecule has 0 amide bonds. The van der Waals surface area contributed by atoms with Crippen molar-refractivity contribution >= 4 is 0 Å². The summed E-state index contributed by atoms with van der Waals surface area (Å²) in [6.07, 6.45) is 5.79. The van der Waals surface area contributed by atoms with E-state index in [9.17, 15) is 10.2 Å². The zero-order valence-electron chi connectivity index (χ0n) is 14.1. The van der Waals surface area contributed by atoms with Crippen LogP contribution in [0.2, 0.25) is 0 Å². The Morgan fingerprint density at radius 2 is 1.74 bits per heavy atom. The van der Waals surface area contributed by atoms with Crippen LogP contribution in [0, 0.1) is 17.8 Å². The number of likely N-dealkylation sites (tertiary alicyclic amines) is 1. The fourth-order valence-electron chi connectivity index (χ4n) is 5.03. The van der Waals surface area contributed by atoms with E-state index in [0.29, 0.717) is 23.5 Å². The summed E-state index contributed by atoms with van der Waals surface area (Å²) < 4.78 is 0. The first kappa shape index (κ1) is 15.5. The lowest BCUT2D eigenvalue weighted by Crippen LogP contribution is -2.32. The van der Waals surface area contributed by atoms with Gasteiger partial charge in [-0.05, 0) is 60.6 Å². The smallest absolute Gasteiger partial charge is 0.115 e. The van der Waals surface area contributed by atoms with Crippen LogP contribution < -0.4 is 0 Å². The first-order chi connectivity index (χ1) is 11.0. The molecule has 4 atom stereocenters. The second-order valence-corrected chi connectivity index (χ2v) is 8.51. The SMILES string of the molecule is CC(CN1C[C@@H]2C[C@@](O)(CC3CC3)C[C@@H]2C1)c1ccc(O)cc1. The topological polar surface area (TPSA) is 43.7 Å². The van der Waals surface area contributed by atoms with E-state index in [0.717, 1.165) is 44.8 Å². The zero-order valence-corrected chi connectivity index (χ0v) is 14.1. The highest BCUT2D eigenvalue weighted by Crippen LogP contribution is 2.49. The van der Waals surface area contributed by atoms with E-state index in [1.807, 2.05) is 12.1 Å². The third kappa shape index (κ3) is 3.41. The zero-order chi connectivity index (χ0) is 16.0. The quantitative estimate of drug-likeness (QED) is 0.875. The lowest BCUT2D eigenvalue weighted by Gasteiger charge is -2.27. The van der Waals surface area contributed by atoms with Gasteiger partial charge in [-0.1, -0.05) is 31.9 Å². The molecule has 4 rings (SSSR count).